The molecule has 29 heavy (non-hydrogen) atoms. The lowest BCUT2D eigenvalue weighted by Crippen LogP contribution is -2.20. The van der Waals surface area contributed by atoms with E-state index in [-0.39, 0.29) is 5.82 Å². The number of hydrogen-bond acceptors (Lipinski definition) is 5. The smallest absolute Gasteiger partial charge is 0.329 e. The SMILES string of the molecule is CCNCCn1c(CC(C)C)nc2cc(/C=C/c3noc(C(F)(F)F)n3)ccc21. The highest BCUT2D eigenvalue weighted by Gasteiger charge is 2.38. The zero-order valence-corrected chi connectivity index (χ0v) is 16.6. The molecule has 3 aromatic rings. The maximum Gasteiger partial charge on any atom is 0.471 e. The third kappa shape index (κ3) is 5.23. The maximum atomic E-state index is 12.5. The van der Waals surface area contributed by atoms with E-state index in [9.17, 15) is 13.2 Å². The summed E-state index contributed by atoms with van der Waals surface area (Å²) in [6.07, 6.45) is -0.749. The topological polar surface area (TPSA) is 68.8 Å². The fourth-order valence-electron chi connectivity index (χ4n) is 3.03. The monoisotopic (exact) mass is 407 g/mol. The minimum Gasteiger partial charge on any atom is -0.329 e. The molecule has 0 unspecified atom stereocenters. The molecule has 0 saturated carbocycles. The van der Waals surface area contributed by atoms with E-state index in [1.54, 1.807) is 6.08 Å². The van der Waals surface area contributed by atoms with E-state index in [2.05, 4.69) is 45.3 Å². The highest BCUT2D eigenvalue weighted by Crippen LogP contribution is 2.27. The number of alkyl halides is 3. The van der Waals surface area contributed by atoms with Gasteiger partial charge in [-0.15, -0.1) is 0 Å². The minimum absolute atomic E-state index is 0.130. The first-order valence-electron chi connectivity index (χ1n) is 9.56. The molecule has 1 N–H and O–H groups in total. The van der Waals surface area contributed by atoms with Crippen LogP contribution in [0.4, 0.5) is 13.2 Å². The van der Waals surface area contributed by atoms with Gasteiger partial charge in [0.05, 0.1) is 11.0 Å². The summed E-state index contributed by atoms with van der Waals surface area (Å²) < 4.78 is 44.1. The van der Waals surface area contributed by atoms with Gasteiger partial charge in [0.1, 0.15) is 5.82 Å². The molecule has 0 amide bonds. The summed E-state index contributed by atoms with van der Waals surface area (Å²) >= 11 is 0. The Morgan fingerprint density at radius 1 is 1.21 bits per heavy atom. The highest BCUT2D eigenvalue weighted by atomic mass is 19.4. The minimum atomic E-state index is -4.65. The Morgan fingerprint density at radius 3 is 2.66 bits per heavy atom. The largest absolute Gasteiger partial charge is 0.471 e. The van der Waals surface area contributed by atoms with Gasteiger partial charge in [-0.25, -0.2) is 4.98 Å². The molecular formula is C20H24F3N5O. The zero-order valence-electron chi connectivity index (χ0n) is 16.6. The van der Waals surface area contributed by atoms with Crippen LogP contribution < -0.4 is 5.32 Å². The van der Waals surface area contributed by atoms with Crippen LogP contribution in [0, 0.1) is 5.92 Å². The third-order valence-electron chi connectivity index (χ3n) is 4.31. The van der Waals surface area contributed by atoms with Crippen molar-refractivity contribution in [2.45, 2.75) is 39.9 Å². The quantitative estimate of drug-likeness (QED) is 0.560. The summed E-state index contributed by atoms with van der Waals surface area (Å²) in [6, 6.07) is 5.79. The van der Waals surface area contributed by atoms with E-state index < -0.39 is 12.1 Å². The first-order chi connectivity index (χ1) is 13.8. The summed E-state index contributed by atoms with van der Waals surface area (Å²) in [4.78, 5) is 8.12. The van der Waals surface area contributed by atoms with Gasteiger partial charge in [-0.05, 0) is 36.2 Å². The van der Waals surface area contributed by atoms with Crippen LogP contribution in [0.15, 0.2) is 22.7 Å². The van der Waals surface area contributed by atoms with Crippen molar-refractivity contribution in [2.75, 3.05) is 13.1 Å². The molecule has 0 radical (unpaired) electrons. The zero-order chi connectivity index (χ0) is 21.0. The lowest BCUT2D eigenvalue weighted by atomic mass is 10.1. The number of halogens is 3. The fraction of sp³-hybridized carbons (Fsp3) is 0.450. The molecular weight excluding hydrogens is 383 g/mol. The maximum absolute atomic E-state index is 12.5. The van der Waals surface area contributed by atoms with Gasteiger partial charge in [-0.2, -0.15) is 18.2 Å². The molecule has 9 heteroatoms. The van der Waals surface area contributed by atoms with E-state index in [0.717, 1.165) is 48.5 Å². The molecule has 0 aliphatic rings. The Bertz CT molecular complexity index is 988. The highest BCUT2D eigenvalue weighted by molar-refractivity contribution is 5.81. The van der Waals surface area contributed by atoms with E-state index in [1.807, 2.05) is 18.2 Å². The first kappa shape index (κ1) is 21.0. The van der Waals surface area contributed by atoms with Gasteiger partial charge < -0.3 is 14.4 Å². The Kier molecular flexibility index (Phi) is 6.36. The molecule has 6 nitrogen and oxygen atoms in total. The van der Waals surface area contributed by atoms with Gasteiger partial charge in [-0.1, -0.05) is 38.1 Å². The van der Waals surface area contributed by atoms with Gasteiger partial charge in [-0.3, -0.25) is 0 Å². The van der Waals surface area contributed by atoms with Crippen LogP contribution in [0.5, 0.6) is 0 Å². The number of imidazole rings is 1. The van der Waals surface area contributed by atoms with Crippen molar-refractivity contribution in [3.63, 3.8) is 0 Å². The first-order valence-corrected chi connectivity index (χ1v) is 9.56. The van der Waals surface area contributed by atoms with E-state index in [0.29, 0.717) is 5.92 Å². The number of rotatable bonds is 8. The molecule has 0 atom stereocenters. The van der Waals surface area contributed by atoms with Crippen LogP contribution in [0.3, 0.4) is 0 Å². The number of aromatic nitrogens is 4. The second kappa shape index (κ2) is 8.77. The van der Waals surface area contributed by atoms with Gasteiger partial charge in [0.25, 0.3) is 0 Å². The molecule has 1 aromatic carbocycles. The van der Waals surface area contributed by atoms with Gasteiger partial charge in [0.15, 0.2) is 5.82 Å². The lowest BCUT2D eigenvalue weighted by Gasteiger charge is -2.11. The number of nitrogens with zero attached hydrogens (tertiary/aromatic N) is 4. The standard InChI is InChI=1S/C20H24F3N5O/c1-4-24-9-10-28-16-7-5-14(12-15(16)25-18(28)11-13(2)3)6-8-17-26-19(29-27-17)20(21,22)23/h5-8,12-13,24H,4,9-11H2,1-3H3/b8-6+. The second-order valence-corrected chi connectivity index (χ2v) is 7.17. The van der Waals surface area contributed by atoms with Gasteiger partial charge in [0.2, 0.25) is 0 Å². The molecule has 2 aromatic heterocycles. The average molecular weight is 407 g/mol. The molecule has 2 heterocycles. The Balaban J connectivity index is 1.86. The normalized spacial score (nSPS) is 12.7. The number of fused-ring (bicyclic) bond motifs is 1. The Morgan fingerprint density at radius 2 is 2.00 bits per heavy atom. The molecule has 156 valence electrons. The summed E-state index contributed by atoms with van der Waals surface area (Å²) in [5, 5.41) is 6.66. The molecule has 3 rings (SSSR count). The van der Waals surface area contributed by atoms with Crippen molar-refractivity contribution in [3.05, 3.63) is 41.3 Å². The summed E-state index contributed by atoms with van der Waals surface area (Å²) in [5.41, 5.74) is 2.68. The molecule has 0 saturated heterocycles. The van der Waals surface area contributed by atoms with E-state index in [4.69, 9.17) is 4.98 Å². The van der Waals surface area contributed by atoms with Gasteiger partial charge >= 0.3 is 12.1 Å². The summed E-state index contributed by atoms with van der Waals surface area (Å²) in [6.45, 7) is 8.97. The average Bonchev–Trinajstić information content (AvgIpc) is 3.24. The number of likely N-dealkylation sites (N-methyl/N-ethyl adjacent to an activating group) is 1. The van der Waals surface area contributed by atoms with E-state index >= 15 is 0 Å². The van der Waals surface area contributed by atoms with Crippen LogP contribution >= 0.6 is 0 Å². The molecule has 0 bridgehead atoms. The number of hydrogen-bond donors (Lipinski definition) is 1. The van der Waals surface area contributed by atoms with Crippen LogP contribution in [-0.2, 0) is 19.1 Å². The molecule has 0 fully saturated rings. The van der Waals surface area contributed by atoms with Crippen LogP contribution in [0.2, 0.25) is 0 Å². The van der Waals surface area contributed by atoms with Crippen LogP contribution in [-0.4, -0.2) is 32.8 Å². The Hall–Kier alpha value is -2.68. The molecule has 0 aliphatic heterocycles. The predicted octanol–water partition coefficient (Wildman–Crippen LogP) is 4.42. The van der Waals surface area contributed by atoms with Crippen molar-refractivity contribution >= 4 is 23.2 Å². The Labute approximate surface area is 166 Å². The third-order valence-corrected chi connectivity index (χ3v) is 4.31. The van der Waals surface area contributed by atoms with Crippen molar-refractivity contribution in [2.24, 2.45) is 5.92 Å². The number of nitrogens with one attached hydrogen (secondary N) is 1. The van der Waals surface area contributed by atoms with Crippen molar-refractivity contribution in [1.29, 1.82) is 0 Å². The van der Waals surface area contributed by atoms with Gasteiger partial charge in [0, 0.05) is 19.5 Å². The van der Waals surface area contributed by atoms with Crippen molar-refractivity contribution < 1.29 is 17.7 Å². The van der Waals surface area contributed by atoms with Crippen LogP contribution in [0.25, 0.3) is 23.2 Å². The van der Waals surface area contributed by atoms with Crippen molar-refractivity contribution in [1.82, 2.24) is 25.0 Å². The fourth-order valence-corrected chi connectivity index (χ4v) is 3.03. The van der Waals surface area contributed by atoms with Crippen LogP contribution in [0.1, 0.15) is 43.9 Å². The number of benzene rings is 1. The second-order valence-electron chi connectivity index (χ2n) is 7.17. The lowest BCUT2D eigenvalue weighted by molar-refractivity contribution is -0.159. The summed E-state index contributed by atoms with van der Waals surface area (Å²) in [7, 11) is 0. The van der Waals surface area contributed by atoms with Crippen molar-refractivity contribution in [3.8, 4) is 0 Å². The predicted molar refractivity (Wildman–Crippen MR) is 105 cm³/mol. The molecule has 0 aliphatic carbocycles. The molecule has 0 spiro atoms. The van der Waals surface area contributed by atoms with E-state index in [1.165, 1.54) is 6.08 Å². The summed E-state index contributed by atoms with van der Waals surface area (Å²) in [5.74, 6) is 0.0200.